The molecule has 0 radical (unpaired) electrons. The van der Waals surface area contributed by atoms with Crippen molar-refractivity contribution in [3.63, 3.8) is 0 Å². The van der Waals surface area contributed by atoms with Crippen LogP contribution in [0, 0.1) is 0 Å². The van der Waals surface area contributed by atoms with Crippen LogP contribution in [0.2, 0.25) is 0 Å². The van der Waals surface area contributed by atoms with E-state index in [1.807, 2.05) is 61.5 Å². The molecule has 0 amide bonds. The van der Waals surface area contributed by atoms with Gasteiger partial charge in [-0.05, 0) is 30.3 Å². The Hall–Kier alpha value is -2.47. The van der Waals surface area contributed by atoms with Gasteiger partial charge in [0, 0.05) is 42.2 Å². The second-order valence-corrected chi connectivity index (χ2v) is 5.43. The smallest absolute Gasteiger partial charge is 0.257 e. The third-order valence-electron chi connectivity index (χ3n) is 3.18. The molecular weight excluding hydrogens is 284 g/mol. The molecular formula is C15H15N4OS+. The highest BCUT2D eigenvalue weighted by atomic mass is 32.1. The third-order valence-corrected chi connectivity index (χ3v) is 3.74. The first-order valence-electron chi connectivity index (χ1n) is 6.46. The van der Waals surface area contributed by atoms with Crippen LogP contribution in [0.15, 0.2) is 42.5 Å². The zero-order valence-corrected chi connectivity index (χ0v) is 12.6. The summed E-state index contributed by atoms with van der Waals surface area (Å²) in [5.41, 5.74) is 4.37. The lowest BCUT2D eigenvalue weighted by molar-refractivity contribution is -0.709. The fourth-order valence-corrected chi connectivity index (χ4v) is 2.52. The van der Waals surface area contributed by atoms with Gasteiger partial charge in [0.05, 0.1) is 11.7 Å². The number of hydrogen-bond donors (Lipinski definition) is 1. The number of aromatic nitrogens is 2. The maximum Gasteiger partial charge on any atom is 0.257 e. The number of hydrogen-bond acceptors (Lipinski definition) is 5. The standard InChI is InChI=1S/C15H15N4OS/c1-18(2)12-4-6-13(7-5-12)19(20)10-11-3-8-14-15(9-11)17-21-16-14/h3-10,20H,1-2H3/q+1. The van der Waals surface area contributed by atoms with Gasteiger partial charge in [0.15, 0.2) is 0 Å². The molecule has 1 N–H and O–H groups in total. The highest BCUT2D eigenvalue weighted by Crippen LogP contribution is 2.18. The second-order valence-electron chi connectivity index (χ2n) is 4.90. The van der Waals surface area contributed by atoms with Gasteiger partial charge in [0.25, 0.3) is 5.69 Å². The quantitative estimate of drug-likeness (QED) is 0.350. The van der Waals surface area contributed by atoms with Crippen LogP contribution in [0.25, 0.3) is 11.0 Å². The molecule has 0 atom stereocenters. The first-order valence-corrected chi connectivity index (χ1v) is 7.19. The lowest BCUT2D eigenvalue weighted by Crippen LogP contribution is -2.08. The van der Waals surface area contributed by atoms with Crippen molar-refractivity contribution in [3.05, 3.63) is 48.0 Å². The topological polar surface area (TPSA) is 52.3 Å². The molecule has 3 rings (SSSR count). The SMILES string of the molecule is CN(C)c1ccc([N+](O)=Cc2ccc3nsnc3c2)cc1. The summed E-state index contributed by atoms with van der Waals surface area (Å²) in [6.45, 7) is 0. The van der Waals surface area contributed by atoms with Gasteiger partial charge in [-0.25, -0.2) is 0 Å². The van der Waals surface area contributed by atoms with Crippen LogP contribution >= 0.6 is 11.7 Å². The van der Waals surface area contributed by atoms with Crippen LogP contribution in [-0.2, 0) is 0 Å². The van der Waals surface area contributed by atoms with E-state index in [4.69, 9.17) is 0 Å². The number of anilines is 1. The number of benzene rings is 2. The molecule has 0 aliphatic rings. The number of rotatable bonds is 3. The van der Waals surface area contributed by atoms with E-state index in [-0.39, 0.29) is 0 Å². The summed E-state index contributed by atoms with van der Waals surface area (Å²) in [4.78, 5) is 2.01. The van der Waals surface area contributed by atoms with E-state index in [0.717, 1.165) is 27.0 Å². The summed E-state index contributed by atoms with van der Waals surface area (Å²) in [6.07, 6.45) is 1.66. The van der Waals surface area contributed by atoms with Crippen molar-refractivity contribution in [1.82, 2.24) is 8.75 Å². The van der Waals surface area contributed by atoms with E-state index in [1.165, 1.54) is 11.7 Å². The number of nitrogens with zero attached hydrogens (tertiary/aromatic N) is 4. The molecule has 0 aliphatic carbocycles. The second kappa shape index (κ2) is 5.49. The van der Waals surface area contributed by atoms with Crippen molar-refractivity contribution in [2.75, 3.05) is 19.0 Å². The van der Waals surface area contributed by atoms with Crippen LogP contribution < -0.4 is 4.90 Å². The van der Waals surface area contributed by atoms with Crippen molar-refractivity contribution in [1.29, 1.82) is 0 Å². The highest BCUT2D eigenvalue weighted by molar-refractivity contribution is 7.00. The van der Waals surface area contributed by atoms with E-state index in [0.29, 0.717) is 5.69 Å². The lowest BCUT2D eigenvalue weighted by atomic mass is 10.2. The maximum absolute atomic E-state index is 10.2. The predicted molar refractivity (Wildman–Crippen MR) is 85.1 cm³/mol. The molecule has 106 valence electrons. The molecule has 3 aromatic rings. The van der Waals surface area contributed by atoms with Crippen molar-refractivity contribution in [2.45, 2.75) is 0 Å². The molecule has 5 nitrogen and oxygen atoms in total. The Balaban J connectivity index is 1.90. The van der Waals surface area contributed by atoms with E-state index in [2.05, 4.69) is 8.75 Å². The fraction of sp³-hybridized carbons (Fsp3) is 0.133. The van der Waals surface area contributed by atoms with Gasteiger partial charge in [0.1, 0.15) is 11.0 Å². The van der Waals surface area contributed by atoms with Crippen molar-refractivity contribution >= 4 is 40.4 Å². The van der Waals surface area contributed by atoms with Crippen molar-refractivity contribution in [2.24, 2.45) is 0 Å². The Morgan fingerprint density at radius 1 is 1.05 bits per heavy atom. The zero-order chi connectivity index (χ0) is 14.8. The Morgan fingerprint density at radius 3 is 2.48 bits per heavy atom. The fourth-order valence-electron chi connectivity index (χ4n) is 2.00. The van der Waals surface area contributed by atoms with Gasteiger partial charge in [-0.1, -0.05) is 0 Å². The van der Waals surface area contributed by atoms with Gasteiger partial charge in [0.2, 0.25) is 6.21 Å². The van der Waals surface area contributed by atoms with Gasteiger partial charge >= 0.3 is 0 Å². The summed E-state index contributed by atoms with van der Waals surface area (Å²) < 4.78 is 9.47. The summed E-state index contributed by atoms with van der Waals surface area (Å²) in [5, 5.41) is 10.2. The molecule has 21 heavy (non-hydrogen) atoms. The molecule has 6 heteroatoms. The van der Waals surface area contributed by atoms with Crippen LogP contribution in [0.5, 0.6) is 0 Å². The van der Waals surface area contributed by atoms with Crippen molar-refractivity contribution in [3.8, 4) is 0 Å². The Labute approximate surface area is 126 Å². The van der Waals surface area contributed by atoms with Crippen LogP contribution in [0.4, 0.5) is 11.4 Å². The van der Waals surface area contributed by atoms with Gasteiger partial charge < -0.3 is 4.90 Å². The van der Waals surface area contributed by atoms with Crippen molar-refractivity contribution < 1.29 is 9.95 Å². The minimum atomic E-state index is 0.706. The third kappa shape index (κ3) is 2.85. The number of fused-ring (bicyclic) bond motifs is 1. The van der Waals surface area contributed by atoms with Gasteiger partial charge in [-0.2, -0.15) is 8.75 Å². The molecule has 0 unspecified atom stereocenters. The molecule has 0 fully saturated rings. The highest BCUT2D eigenvalue weighted by Gasteiger charge is 2.09. The average Bonchev–Trinajstić information content (AvgIpc) is 2.95. The summed E-state index contributed by atoms with van der Waals surface area (Å²) in [6, 6.07) is 13.4. The molecule has 0 spiro atoms. The maximum atomic E-state index is 10.2. The molecule has 1 heterocycles. The van der Waals surface area contributed by atoms with E-state index in [9.17, 15) is 5.21 Å². The molecule has 2 aromatic carbocycles. The van der Waals surface area contributed by atoms with Crippen LogP contribution in [0.1, 0.15) is 5.56 Å². The normalized spacial score (nSPS) is 11.8. The Kier molecular flexibility index (Phi) is 3.53. The average molecular weight is 299 g/mol. The van der Waals surface area contributed by atoms with Crippen LogP contribution in [0.3, 0.4) is 0 Å². The monoisotopic (exact) mass is 299 g/mol. The van der Waals surface area contributed by atoms with Gasteiger partial charge in [-0.3, -0.25) is 5.21 Å². The lowest BCUT2D eigenvalue weighted by Gasteiger charge is -2.10. The van der Waals surface area contributed by atoms with E-state index < -0.39 is 0 Å². The Morgan fingerprint density at radius 2 is 1.76 bits per heavy atom. The minimum absolute atomic E-state index is 0.706. The Bertz CT molecular complexity index is 793. The summed E-state index contributed by atoms with van der Waals surface area (Å²) >= 11 is 1.19. The molecule has 0 saturated carbocycles. The summed E-state index contributed by atoms with van der Waals surface area (Å²) in [7, 11) is 3.96. The predicted octanol–water partition coefficient (Wildman–Crippen LogP) is 2.91. The first kappa shape index (κ1) is 13.5. The minimum Gasteiger partial charge on any atom is -0.378 e. The van der Waals surface area contributed by atoms with Gasteiger partial charge in [-0.15, -0.1) is 0 Å². The first-order chi connectivity index (χ1) is 10.1. The molecule has 0 saturated heterocycles. The molecule has 1 aromatic heterocycles. The molecule has 0 aliphatic heterocycles. The molecule has 0 bridgehead atoms. The summed E-state index contributed by atoms with van der Waals surface area (Å²) in [5.74, 6) is 0. The van der Waals surface area contributed by atoms with E-state index in [1.54, 1.807) is 6.21 Å². The largest absolute Gasteiger partial charge is 0.378 e. The van der Waals surface area contributed by atoms with E-state index >= 15 is 0 Å². The zero-order valence-electron chi connectivity index (χ0n) is 11.8. The van der Waals surface area contributed by atoms with Crippen LogP contribution in [-0.4, -0.2) is 39.0 Å².